The molecule has 0 radical (unpaired) electrons. The van der Waals surface area contributed by atoms with Gasteiger partial charge in [-0.05, 0) is 12.1 Å². The molecule has 2 aromatic heterocycles. The summed E-state index contributed by atoms with van der Waals surface area (Å²) in [5.74, 6) is -1.05. The Morgan fingerprint density at radius 3 is 2.61 bits per heavy atom. The topological polar surface area (TPSA) is 78.9 Å². The van der Waals surface area contributed by atoms with E-state index in [1.807, 2.05) is 30.3 Å². The van der Waals surface area contributed by atoms with Gasteiger partial charge in [0.2, 0.25) is 0 Å². The third-order valence-electron chi connectivity index (χ3n) is 2.70. The molecule has 0 unspecified atom stereocenters. The Morgan fingerprint density at radius 2 is 1.89 bits per heavy atom. The second-order valence-electron chi connectivity index (χ2n) is 3.84. The normalized spacial score (nSPS) is 10.7. The van der Waals surface area contributed by atoms with Crippen molar-refractivity contribution in [3.8, 4) is 11.3 Å². The zero-order valence-electron chi connectivity index (χ0n) is 9.29. The monoisotopic (exact) mass is 239 g/mol. The number of nitrogens with zero attached hydrogens (tertiary/aromatic N) is 2. The molecule has 0 atom stereocenters. The molecule has 0 saturated carbocycles. The van der Waals surface area contributed by atoms with Crippen LogP contribution in [0.2, 0.25) is 0 Å². The van der Waals surface area contributed by atoms with Gasteiger partial charge in [0.25, 0.3) is 0 Å². The maximum absolute atomic E-state index is 10.8. The number of aromatic amines is 1. The molecular formula is C13H9N3O2. The van der Waals surface area contributed by atoms with Gasteiger partial charge in [-0.25, -0.2) is 9.78 Å². The van der Waals surface area contributed by atoms with E-state index in [0.717, 1.165) is 16.6 Å². The molecule has 3 aromatic rings. The number of benzene rings is 1. The number of aromatic carboxylic acids is 1. The summed E-state index contributed by atoms with van der Waals surface area (Å²) >= 11 is 0. The maximum Gasteiger partial charge on any atom is 0.354 e. The summed E-state index contributed by atoms with van der Waals surface area (Å²) in [4.78, 5) is 14.8. The number of H-pyrrole nitrogens is 1. The van der Waals surface area contributed by atoms with E-state index in [9.17, 15) is 4.79 Å². The van der Waals surface area contributed by atoms with Crippen molar-refractivity contribution in [3.63, 3.8) is 0 Å². The van der Waals surface area contributed by atoms with Crippen LogP contribution in [0.1, 0.15) is 10.5 Å². The van der Waals surface area contributed by atoms with Crippen molar-refractivity contribution in [1.29, 1.82) is 0 Å². The maximum atomic E-state index is 10.8. The molecule has 0 aliphatic carbocycles. The number of fused-ring (bicyclic) bond motifs is 1. The molecule has 0 fully saturated rings. The van der Waals surface area contributed by atoms with Crippen LogP contribution in [0.4, 0.5) is 0 Å². The molecule has 0 saturated heterocycles. The first-order valence-electron chi connectivity index (χ1n) is 5.39. The van der Waals surface area contributed by atoms with Gasteiger partial charge in [-0.3, -0.25) is 5.10 Å². The van der Waals surface area contributed by atoms with Crippen molar-refractivity contribution < 1.29 is 9.90 Å². The molecule has 0 aliphatic heterocycles. The smallest absolute Gasteiger partial charge is 0.354 e. The minimum absolute atomic E-state index is 0.00592. The first kappa shape index (κ1) is 10.5. The highest BCUT2D eigenvalue weighted by Gasteiger charge is 2.11. The average molecular weight is 239 g/mol. The van der Waals surface area contributed by atoms with Crippen molar-refractivity contribution in [2.75, 3.05) is 0 Å². The van der Waals surface area contributed by atoms with Gasteiger partial charge in [0.1, 0.15) is 0 Å². The van der Waals surface area contributed by atoms with E-state index in [4.69, 9.17) is 5.11 Å². The Bertz CT molecular complexity index is 719. The zero-order valence-corrected chi connectivity index (χ0v) is 9.29. The Balaban J connectivity index is 2.19. The summed E-state index contributed by atoms with van der Waals surface area (Å²) < 4.78 is 0. The zero-order chi connectivity index (χ0) is 12.5. The number of hydrogen-bond acceptors (Lipinski definition) is 3. The summed E-state index contributed by atoms with van der Waals surface area (Å²) in [6.07, 6.45) is 0. The van der Waals surface area contributed by atoms with E-state index in [-0.39, 0.29) is 5.69 Å². The molecule has 2 N–H and O–H groups in total. The molecule has 0 amide bonds. The highest BCUT2D eigenvalue weighted by atomic mass is 16.4. The first-order chi connectivity index (χ1) is 8.75. The lowest BCUT2D eigenvalue weighted by Gasteiger charge is -1.98. The molecular weight excluding hydrogens is 230 g/mol. The third-order valence-corrected chi connectivity index (χ3v) is 2.70. The molecule has 0 spiro atoms. The second kappa shape index (κ2) is 3.96. The summed E-state index contributed by atoms with van der Waals surface area (Å²) in [6, 6.07) is 12.9. The van der Waals surface area contributed by atoms with Crippen molar-refractivity contribution >= 4 is 17.0 Å². The Morgan fingerprint density at radius 1 is 1.11 bits per heavy atom. The first-order valence-corrected chi connectivity index (χ1v) is 5.39. The van der Waals surface area contributed by atoms with Gasteiger partial charge in [0, 0.05) is 10.9 Å². The van der Waals surface area contributed by atoms with E-state index in [1.54, 1.807) is 6.07 Å². The Hall–Kier alpha value is -2.69. The quantitative estimate of drug-likeness (QED) is 0.719. The van der Waals surface area contributed by atoms with Crippen molar-refractivity contribution in [2.45, 2.75) is 0 Å². The number of nitrogens with one attached hydrogen (secondary N) is 1. The number of carboxylic acid groups (broad SMARTS) is 1. The molecule has 5 nitrogen and oxygen atoms in total. The third kappa shape index (κ3) is 1.62. The SMILES string of the molecule is O=C(O)c1ccc2c(-c3ccccc3)[nH]nc2n1. The lowest BCUT2D eigenvalue weighted by Crippen LogP contribution is -1.99. The Labute approximate surface area is 102 Å². The van der Waals surface area contributed by atoms with Crippen LogP contribution in [0.15, 0.2) is 42.5 Å². The van der Waals surface area contributed by atoms with Crippen molar-refractivity contribution in [2.24, 2.45) is 0 Å². The number of carbonyl (C=O) groups is 1. The molecule has 5 heteroatoms. The predicted molar refractivity (Wildman–Crippen MR) is 66.3 cm³/mol. The van der Waals surface area contributed by atoms with Gasteiger partial charge < -0.3 is 5.11 Å². The molecule has 1 aromatic carbocycles. The number of hydrogen-bond donors (Lipinski definition) is 2. The van der Waals surface area contributed by atoms with Crippen LogP contribution < -0.4 is 0 Å². The summed E-state index contributed by atoms with van der Waals surface area (Å²) in [5.41, 5.74) is 2.24. The van der Waals surface area contributed by atoms with Gasteiger partial charge in [0.15, 0.2) is 11.3 Å². The molecule has 3 rings (SSSR count). The standard InChI is InChI=1S/C13H9N3O2/c17-13(18)10-7-6-9-11(15-16-12(9)14-10)8-4-2-1-3-5-8/h1-7H,(H,17,18)(H,14,15,16). The largest absolute Gasteiger partial charge is 0.477 e. The lowest BCUT2D eigenvalue weighted by atomic mass is 10.1. The number of pyridine rings is 1. The van der Waals surface area contributed by atoms with Gasteiger partial charge in [0.05, 0.1) is 5.69 Å². The minimum Gasteiger partial charge on any atom is -0.477 e. The van der Waals surface area contributed by atoms with Gasteiger partial charge in [-0.1, -0.05) is 30.3 Å². The fourth-order valence-corrected chi connectivity index (χ4v) is 1.84. The van der Waals surface area contributed by atoms with Crippen LogP contribution in [0, 0.1) is 0 Å². The summed E-state index contributed by atoms with van der Waals surface area (Å²) in [7, 11) is 0. The van der Waals surface area contributed by atoms with Crippen LogP contribution in [0.5, 0.6) is 0 Å². The average Bonchev–Trinajstić information content (AvgIpc) is 2.82. The highest BCUT2D eigenvalue weighted by molar-refractivity contribution is 5.94. The van der Waals surface area contributed by atoms with Gasteiger partial charge in [-0.15, -0.1) is 0 Å². The van der Waals surface area contributed by atoms with E-state index in [0.29, 0.717) is 5.65 Å². The Kier molecular flexibility index (Phi) is 2.30. The van der Waals surface area contributed by atoms with Crippen LogP contribution in [0.25, 0.3) is 22.3 Å². The van der Waals surface area contributed by atoms with Crippen LogP contribution >= 0.6 is 0 Å². The van der Waals surface area contributed by atoms with E-state index in [2.05, 4.69) is 15.2 Å². The fourth-order valence-electron chi connectivity index (χ4n) is 1.84. The summed E-state index contributed by atoms with van der Waals surface area (Å²) in [6.45, 7) is 0. The summed E-state index contributed by atoms with van der Waals surface area (Å²) in [5, 5.41) is 16.6. The molecule has 2 heterocycles. The van der Waals surface area contributed by atoms with E-state index in [1.165, 1.54) is 6.07 Å². The lowest BCUT2D eigenvalue weighted by molar-refractivity contribution is 0.0691. The van der Waals surface area contributed by atoms with Crippen LogP contribution in [-0.2, 0) is 0 Å². The van der Waals surface area contributed by atoms with Crippen LogP contribution in [-0.4, -0.2) is 26.3 Å². The molecule has 88 valence electrons. The van der Waals surface area contributed by atoms with Crippen LogP contribution in [0.3, 0.4) is 0 Å². The number of rotatable bonds is 2. The highest BCUT2D eigenvalue weighted by Crippen LogP contribution is 2.24. The van der Waals surface area contributed by atoms with Gasteiger partial charge >= 0.3 is 5.97 Å². The molecule has 0 bridgehead atoms. The molecule has 18 heavy (non-hydrogen) atoms. The second-order valence-corrected chi connectivity index (χ2v) is 3.84. The van der Waals surface area contributed by atoms with Crippen molar-refractivity contribution in [1.82, 2.24) is 15.2 Å². The molecule has 0 aliphatic rings. The van der Waals surface area contributed by atoms with Gasteiger partial charge in [-0.2, -0.15) is 5.10 Å². The van der Waals surface area contributed by atoms with E-state index >= 15 is 0 Å². The number of carboxylic acids is 1. The number of aromatic nitrogens is 3. The minimum atomic E-state index is -1.05. The fraction of sp³-hybridized carbons (Fsp3) is 0. The van der Waals surface area contributed by atoms with Crippen molar-refractivity contribution in [3.05, 3.63) is 48.2 Å². The predicted octanol–water partition coefficient (Wildman–Crippen LogP) is 2.32. The van der Waals surface area contributed by atoms with E-state index < -0.39 is 5.97 Å².